The Labute approximate surface area is 95.3 Å². The van der Waals surface area contributed by atoms with Crippen molar-refractivity contribution in [3.8, 4) is 0 Å². The van der Waals surface area contributed by atoms with Crippen LogP contribution >= 0.6 is 0 Å². The molecule has 84 valence electrons. The van der Waals surface area contributed by atoms with Gasteiger partial charge in [0.1, 0.15) is 6.33 Å². The molecular weight excluding hydrogens is 200 g/mol. The zero-order valence-corrected chi connectivity index (χ0v) is 9.43. The Morgan fingerprint density at radius 1 is 1.25 bits per heavy atom. The van der Waals surface area contributed by atoms with Gasteiger partial charge in [0.15, 0.2) is 5.82 Å². The van der Waals surface area contributed by atoms with Gasteiger partial charge >= 0.3 is 0 Å². The highest BCUT2D eigenvalue weighted by atomic mass is 15.3. The summed E-state index contributed by atoms with van der Waals surface area (Å²) in [5.74, 6) is 0.843. The summed E-state index contributed by atoms with van der Waals surface area (Å²) >= 11 is 0. The Balaban J connectivity index is 1.69. The van der Waals surface area contributed by atoms with Crippen molar-refractivity contribution in [2.45, 2.75) is 13.0 Å². The molecule has 1 heterocycles. The van der Waals surface area contributed by atoms with Gasteiger partial charge in [-0.3, -0.25) is 4.68 Å². The lowest BCUT2D eigenvalue weighted by atomic mass is 10.1. The van der Waals surface area contributed by atoms with E-state index in [1.165, 1.54) is 5.56 Å². The fourth-order valence-electron chi connectivity index (χ4n) is 1.54. The lowest BCUT2D eigenvalue weighted by Gasteiger charge is -2.02. The van der Waals surface area contributed by atoms with Gasteiger partial charge in [-0.2, -0.15) is 5.10 Å². The highest BCUT2D eigenvalue weighted by molar-refractivity contribution is 5.14. The Morgan fingerprint density at radius 2 is 2.06 bits per heavy atom. The molecule has 2 rings (SSSR count). The van der Waals surface area contributed by atoms with Crippen LogP contribution in [0.2, 0.25) is 0 Å². The summed E-state index contributed by atoms with van der Waals surface area (Å²) in [6.07, 6.45) is 2.75. The van der Waals surface area contributed by atoms with E-state index in [9.17, 15) is 0 Å². The lowest BCUT2D eigenvalue weighted by Crippen LogP contribution is -2.17. The standard InChI is InChI=1S/C12H16N4/c1-16-10-14-12(15-16)9-13-8-7-11-5-3-2-4-6-11/h2-6,10,13H,7-9H2,1H3. The molecule has 2 aromatic rings. The summed E-state index contributed by atoms with van der Waals surface area (Å²) < 4.78 is 1.72. The zero-order chi connectivity index (χ0) is 11.2. The number of aryl methyl sites for hydroxylation is 1. The van der Waals surface area contributed by atoms with Crippen LogP contribution in [0.5, 0.6) is 0 Å². The first kappa shape index (κ1) is 10.8. The first-order valence-electron chi connectivity index (χ1n) is 5.44. The lowest BCUT2D eigenvalue weighted by molar-refractivity contribution is 0.647. The maximum atomic E-state index is 4.20. The number of benzene rings is 1. The molecule has 1 aromatic heterocycles. The molecule has 0 saturated carbocycles. The fraction of sp³-hybridized carbons (Fsp3) is 0.333. The molecule has 0 amide bonds. The van der Waals surface area contributed by atoms with Crippen LogP contribution in [0.1, 0.15) is 11.4 Å². The monoisotopic (exact) mass is 216 g/mol. The molecule has 4 heteroatoms. The summed E-state index contributed by atoms with van der Waals surface area (Å²) in [6.45, 7) is 1.68. The molecule has 0 spiro atoms. The maximum absolute atomic E-state index is 4.20. The molecule has 0 atom stereocenters. The van der Waals surface area contributed by atoms with Crippen molar-refractivity contribution in [2.75, 3.05) is 6.54 Å². The molecule has 0 saturated heterocycles. The molecule has 0 radical (unpaired) electrons. The Morgan fingerprint density at radius 3 is 2.75 bits per heavy atom. The van der Waals surface area contributed by atoms with E-state index in [-0.39, 0.29) is 0 Å². The van der Waals surface area contributed by atoms with Gasteiger partial charge < -0.3 is 5.32 Å². The molecule has 1 aromatic carbocycles. The van der Waals surface area contributed by atoms with E-state index in [4.69, 9.17) is 0 Å². The van der Waals surface area contributed by atoms with Gasteiger partial charge in [0.2, 0.25) is 0 Å². The van der Waals surface area contributed by atoms with E-state index in [1.54, 1.807) is 11.0 Å². The molecule has 4 nitrogen and oxygen atoms in total. The van der Waals surface area contributed by atoms with Gasteiger partial charge in [0, 0.05) is 7.05 Å². The average Bonchev–Trinajstić information content (AvgIpc) is 2.72. The third-order valence-corrected chi connectivity index (χ3v) is 2.36. The fourth-order valence-corrected chi connectivity index (χ4v) is 1.54. The quantitative estimate of drug-likeness (QED) is 0.762. The number of aromatic nitrogens is 3. The van der Waals surface area contributed by atoms with E-state index >= 15 is 0 Å². The van der Waals surface area contributed by atoms with Gasteiger partial charge in [0.25, 0.3) is 0 Å². The Kier molecular flexibility index (Phi) is 3.66. The molecular formula is C12H16N4. The summed E-state index contributed by atoms with van der Waals surface area (Å²) in [5, 5.41) is 7.52. The van der Waals surface area contributed by atoms with Crippen molar-refractivity contribution in [1.29, 1.82) is 0 Å². The molecule has 0 fully saturated rings. The van der Waals surface area contributed by atoms with Crippen molar-refractivity contribution in [3.63, 3.8) is 0 Å². The second-order valence-electron chi connectivity index (χ2n) is 3.75. The van der Waals surface area contributed by atoms with Gasteiger partial charge in [-0.05, 0) is 18.5 Å². The molecule has 0 bridgehead atoms. The Bertz CT molecular complexity index is 422. The van der Waals surface area contributed by atoms with Crippen molar-refractivity contribution >= 4 is 0 Å². The Hall–Kier alpha value is -1.68. The zero-order valence-electron chi connectivity index (χ0n) is 9.43. The predicted octanol–water partition coefficient (Wildman–Crippen LogP) is 1.15. The predicted molar refractivity (Wildman–Crippen MR) is 62.9 cm³/mol. The average molecular weight is 216 g/mol. The first-order valence-corrected chi connectivity index (χ1v) is 5.44. The summed E-state index contributed by atoms with van der Waals surface area (Å²) in [7, 11) is 1.88. The van der Waals surface area contributed by atoms with Gasteiger partial charge in [-0.15, -0.1) is 0 Å². The van der Waals surface area contributed by atoms with E-state index in [0.717, 1.165) is 25.3 Å². The second kappa shape index (κ2) is 5.42. The molecule has 0 unspecified atom stereocenters. The largest absolute Gasteiger partial charge is 0.309 e. The number of hydrogen-bond donors (Lipinski definition) is 1. The first-order chi connectivity index (χ1) is 7.84. The van der Waals surface area contributed by atoms with Gasteiger partial charge in [-0.1, -0.05) is 30.3 Å². The van der Waals surface area contributed by atoms with Crippen LogP contribution in [-0.4, -0.2) is 21.3 Å². The van der Waals surface area contributed by atoms with E-state index in [1.807, 2.05) is 13.1 Å². The second-order valence-corrected chi connectivity index (χ2v) is 3.75. The van der Waals surface area contributed by atoms with Crippen LogP contribution in [0, 0.1) is 0 Å². The molecule has 16 heavy (non-hydrogen) atoms. The van der Waals surface area contributed by atoms with Crippen molar-refractivity contribution in [2.24, 2.45) is 7.05 Å². The van der Waals surface area contributed by atoms with Crippen LogP contribution in [0.15, 0.2) is 36.7 Å². The smallest absolute Gasteiger partial charge is 0.164 e. The summed E-state index contributed by atoms with van der Waals surface area (Å²) in [4.78, 5) is 4.15. The third-order valence-electron chi connectivity index (χ3n) is 2.36. The van der Waals surface area contributed by atoms with Crippen LogP contribution in [-0.2, 0) is 20.0 Å². The van der Waals surface area contributed by atoms with Gasteiger partial charge in [-0.25, -0.2) is 4.98 Å². The molecule has 0 aliphatic carbocycles. The minimum Gasteiger partial charge on any atom is -0.309 e. The van der Waals surface area contributed by atoms with Crippen LogP contribution in [0.25, 0.3) is 0 Å². The van der Waals surface area contributed by atoms with Crippen LogP contribution < -0.4 is 5.32 Å². The number of nitrogens with one attached hydrogen (secondary N) is 1. The third kappa shape index (κ3) is 3.17. The van der Waals surface area contributed by atoms with Crippen molar-refractivity contribution in [3.05, 3.63) is 48.0 Å². The summed E-state index contributed by atoms with van der Waals surface area (Å²) in [6, 6.07) is 10.4. The number of hydrogen-bond acceptors (Lipinski definition) is 3. The van der Waals surface area contributed by atoms with Crippen LogP contribution in [0.4, 0.5) is 0 Å². The maximum Gasteiger partial charge on any atom is 0.164 e. The molecule has 0 aliphatic rings. The number of nitrogens with zero attached hydrogens (tertiary/aromatic N) is 3. The number of rotatable bonds is 5. The normalized spacial score (nSPS) is 10.6. The molecule has 0 aliphatic heterocycles. The van der Waals surface area contributed by atoms with Crippen LogP contribution in [0.3, 0.4) is 0 Å². The highest BCUT2D eigenvalue weighted by Crippen LogP contribution is 1.98. The summed E-state index contributed by atoms with van der Waals surface area (Å²) in [5.41, 5.74) is 1.35. The van der Waals surface area contributed by atoms with E-state index < -0.39 is 0 Å². The van der Waals surface area contributed by atoms with Gasteiger partial charge in [0.05, 0.1) is 6.54 Å². The minimum atomic E-state index is 0.730. The molecule has 1 N–H and O–H groups in total. The van der Waals surface area contributed by atoms with E-state index in [2.05, 4.69) is 39.7 Å². The SMILES string of the molecule is Cn1cnc(CNCCc2ccccc2)n1. The van der Waals surface area contributed by atoms with E-state index in [0.29, 0.717) is 0 Å². The minimum absolute atomic E-state index is 0.730. The topological polar surface area (TPSA) is 42.7 Å². The highest BCUT2D eigenvalue weighted by Gasteiger charge is 1.97. The van der Waals surface area contributed by atoms with Crippen molar-refractivity contribution in [1.82, 2.24) is 20.1 Å². The van der Waals surface area contributed by atoms with Crippen molar-refractivity contribution < 1.29 is 0 Å².